The number of nitrogens with two attached hydrogens (primary N) is 1. The van der Waals surface area contributed by atoms with Crippen LogP contribution in [0.25, 0.3) is 11.1 Å². The number of amides is 2. The quantitative estimate of drug-likeness (QED) is 0.150. The Bertz CT molecular complexity index is 1450. The summed E-state index contributed by atoms with van der Waals surface area (Å²) in [4.78, 5) is 43.0. The third kappa shape index (κ3) is 8.12. The Balaban J connectivity index is 2.01. The average Bonchev–Trinajstić information content (AvgIpc) is 2.92. The van der Waals surface area contributed by atoms with Gasteiger partial charge in [0.05, 0.1) is 24.8 Å². The van der Waals surface area contributed by atoms with Crippen LogP contribution in [0.15, 0.2) is 54.6 Å². The van der Waals surface area contributed by atoms with Gasteiger partial charge in [-0.2, -0.15) is 0 Å². The van der Waals surface area contributed by atoms with Crippen molar-refractivity contribution in [1.29, 1.82) is 5.41 Å². The van der Waals surface area contributed by atoms with Gasteiger partial charge < -0.3 is 31.3 Å². The van der Waals surface area contributed by atoms with Gasteiger partial charge in [-0.3, -0.25) is 15.0 Å². The van der Waals surface area contributed by atoms with Crippen molar-refractivity contribution in [2.75, 3.05) is 18.5 Å². The van der Waals surface area contributed by atoms with E-state index in [-0.39, 0.29) is 51.7 Å². The number of hydrogen-bond acceptors (Lipinski definition) is 7. The van der Waals surface area contributed by atoms with Gasteiger partial charge in [0, 0.05) is 28.4 Å². The zero-order chi connectivity index (χ0) is 30.3. The van der Waals surface area contributed by atoms with Crippen molar-refractivity contribution in [3.63, 3.8) is 0 Å². The van der Waals surface area contributed by atoms with E-state index in [4.69, 9.17) is 15.9 Å². The highest BCUT2D eigenvalue weighted by molar-refractivity contribution is 6.10. The minimum Gasteiger partial charge on any atom is -0.478 e. The van der Waals surface area contributed by atoms with Gasteiger partial charge >= 0.3 is 5.97 Å². The van der Waals surface area contributed by atoms with Crippen molar-refractivity contribution in [3.05, 3.63) is 77.0 Å². The molecule has 0 aliphatic carbocycles. The Hall–Kier alpha value is -4.77. The molecule has 1 heterocycles. The Labute approximate surface area is 238 Å². The highest BCUT2D eigenvalue weighted by atomic mass is 16.5. The van der Waals surface area contributed by atoms with Crippen molar-refractivity contribution in [2.45, 2.75) is 40.2 Å². The van der Waals surface area contributed by atoms with E-state index in [0.29, 0.717) is 24.3 Å². The number of carboxylic acid groups (broad SMARTS) is 1. The minimum absolute atomic E-state index is 0.0863. The number of anilines is 1. The molecule has 0 aliphatic heterocycles. The number of rotatable bonds is 11. The summed E-state index contributed by atoms with van der Waals surface area (Å²) in [6, 6.07) is 13.0. The summed E-state index contributed by atoms with van der Waals surface area (Å²) in [5.41, 5.74) is 6.44. The van der Waals surface area contributed by atoms with Crippen LogP contribution in [0, 0.1) is 10.8 Å². The third-order valence-corrected chi connectivity index (χ3v) is 6.05. The van der Waals surface area contributed by atoms with Gasteiger partial charge in [0.1, 0.15) is 11.5 Å². The maximum Gasteiger partial charge on any atom is 0.336 e. The molecule has 11 nitrogen and oxygen atoms in total. The van der Waals surface area contributed by atoms with E-state index in [0.717, 1.165) is 0 Å². The molecular weight excluding hydrogens is 526 g/mol. The maximum atomic E-state index is 13.4. The number of aliphatic hydroxyl groups excluding tert-OH is 1. The number of nitrogens with one attached hydrogen (secondary N) is 3. The molecule has 0 spiro atoms. The number of aromatic carboxylic acids is 1. The minimum atomic E-state index is -1.30. The van der Waals surface area contributed by atoms with Crippen LogP contribution < -0.4 is 21.1 Å². The lowest BCUT2D eigenvalue weighted by Crippen LogP contribution is -2.40. The molecule has 0 unspecified atom stereocenters. The summed E-state index contributed by atoms with van der Waals surface area (Å²) in [6.45, 7) is 7.76. The van der Waals surface area contributed by atoms with Crippen LogP contribution in [-0.4, -0.2) is 58.1 Å². The first kappa shape index (κ1) is 30.8. The molecule has 1 aromatic heterocycles. The Morgan fingerprint density at radius 3 is 2.20 bits per heavy atom. The molecule has 0 aliphatic rings. The Morgan fingerprint density at radius 1 is 1.00 bits per heavy atom. The number of pyridine rings is 1. The second kappa shape index (κ2) is 13.1. The topological polar surface area (TPSA) is 188 Å². The molecule has 2 amide bonds. The van der Waals surface area contributed by atoms with Crippen LogP contribution in [0.5, 0.6) is 5.88 Å². The van der Waals surface area contributed by atoms with Crippen molar-refractivity contribution >= 4 is 29.3 Å². The summed E-state index contributed by atoms with van der Waals surface area (Å²) in [6.07, 6.45) is 0.521. The van der Waals surface area contributed by atoms with E-state index in [9.17, 15) is 24.6 Å². The first-order valence-electron chi connectivity index (χ1n) is 13.0. The molecule has 7 N–H and O–H groups in total. The average molecular weight is 562 g/mol. The van der Waals surface area contributed by atoms with Crippen molar-refractivity contribution in [3.8, 4) is 17.0 Å². The Kier molecular flexibility index (Phi) is 9.80. The molecule has 0 bridgehead atoms. The lowest BCUT2D eigenvalue weighted by Gasteiger charge is -2.25. The normalized spacial score (nSPS) is 11.8. The number of aliphatic hydroxyl groups is 1. The maximum absolute atomic E-state index is 13.4. The summed E-state index contributed by atoms with van der Waals surface area (Å²) in [5.74, 6) is -2.39. The number of ether oxygens (including phenoxy) is 1. The van der Waals surface area contributed by atoms with E-state index >= 15 is 0 Å². The summed E-state index contributed by atoms with van der Waals surface area (Å²) in [7, 11) is 0. The molecule has 11 heteroatoms. The van der Waals surface area contributed by atoms with E-state index in [1.165, 1.54) is 24.3 Å². The highest BCUT2D eigenvalue weighted by Gasteiger charge is 2.24. The number of nitrogen functional groups attached to an aromatic ring is 1. The van der Waals surface area contributed by atoms with Gasteiger partial charge in [0.2, 0.25) is 5.88 Å². The van der Waals surface area contributed by atoms with Crippen LogP contribution in [0.2, 0.25) is 0 Å². The van der Waals surface area contributed by atoms with Gasteiger partial charge in [-0.15, -0.1) is 0 Å². The van der Waals surface area contributed by atoms with Crippen molar-refractivity contribution in [2.24, 2.45) is 11.1 Å². The van der Waals surface area contributed by atoms with E-state index in [1.807, 2.05) is 20.8 Å². The molecule has 1 atom stereocenters. The third-order valence-electron chi connectivity index (χ3n) is 6.05. The molecule has 216 valence electrons. The van der Waals surface area contributed by atoms with E-state index < -0.39 is 23.8 Å². The molecule has 0 fully saturated rings. The number of carbonyl (C=O) groups is 3. The zero-order valence-electron chi connectivity index (χ0n) is 23.4. The van der Waals surface area contributed by atoms with Crippen molar-refractivity contribution < 1.29 is 29.3 Å². The molecule has 0 saturated carbocycles. The predicted octanol–water partition coefficient (Wildman–Crippen LogP) is 3.91. The molecule has 3 rings (SSSR count). The van der Waals surface area contributed by atoms with E-state index in [2.05, 4.69) is 15.6 Å². The van der Waals surface area contributed by atoms with Crippen LogP contribution in [0.1, 0.15) is 70.9 Å². The fourth-order valence-corrected chi connectivity index (χ4v) is 4.25. The number of aromatic nitrogens is 1. The van der Waals surface area contributed by atoms with Crippen LogP contribution >= 0.6 is 0 Å². The number of carbonyl (C=O) groups excluding carboxylic acids is 2. The molecule has 0 saturated heterocycles. The van der Waals surface area contributed by atoms with Crippen LogP contribution in [0.3, 0.4) is 0 Å². The second-order valence-electron chi connectivity index (χ2n) is 10.6. The first-order valence-corrected chi connectivity index (χ1v) is 13.0. The van der Waals surface area contributed by atoms with E-state index in [1.54, 1.807) is 37.3 Å². The lowest BCUT2D eigenvalue weighted by molar-refractivity contribution is 0.0697. The molecule has 3 aromatic rings. The smallest absolute Gasteiger partial charge is 0.336 e. The zero-order valence-corrected chi connectivity index (χ0v) is 23.4. The molecular formula is C30H35N5O6. The molecule has 0 radical (unpaired) electrons. The lowest BCUT2D eigenvalue weighted by atomic mass is 9.88. The summed E-state index contributed by atoms with van der Waals surface area (Å²) >= 11 is 0. The monoisotopic (exact) mass is 561 g/mol. The largest absolute Gasteiger partial charge is 0.478 e. The fourth-order valence-electron chi connectivity index (χ4n) is 4.25. The van der Waals surface area contributed by atoms with Gasteiger partial charge in [-0.05, 0) is 66.8 Å². The standard InChI is InChI=1S/C30H35N5O6/c1-5-41-24-13-12-22(25(35-24)28(38)33-19-9-6-17(7-10-19)26(31)32)21-11-8-18(14-23(21)29(39)40)27(37)34-20(16-36)15-30(2,3)4/h6-14,20,36H,5,15-16H2,1-4H3,(H3,31,32)(H,33,38)(H,34,37)(H,39,40)/t20-/m0/s1. The van der Waals surface area contributed by atoms with Gasteiger partial charge in [0.15, 0.2) is 0 Å². The Morgan fingerprint density at radius 2 is 1.63 bits per heavy atom. The SMILES string of the molecule is CCOc1ccc(-c2ccc(C(=O)N[C@H](CO)CC(C)(C)C)cc2C(=O)O)c(C(=O)Nc2ccc(C(=N)N)cc2)n1. The number of benzene rings is 2. The molecule has 2 aromatic carbocycles. The van der Waals surface area contributed by atoms with Gasteiger partial charge in [-0.1, -0.05) is 26.8 Å². The van der Waals surface area contributed by atoms with Crippen LogP contribution in [-0.2, 0) is 0 Å². The fraction of sp³-hybridized carbons (Fsp3) is 0.300. The van der Waals surface area contributed by atoms with Crippen LogP contribution in [0.4, 0.5) is 5.69 Å². The summed E-state index contributed by atoms with van der Waals surface area (Å²) in [5, 5.41) is 32.8. The predicted molar refractivity (Wildman–Crippen MR) is 156 cm³/mol. The summed E-state index contributed by atoms with van der Waals surface area (Å²) < 4.78 is 5.47. The number of hydrogen-bond donors (Lipinski definition) is 6. The number of nitrogens with zero attached hydrogens (tertiary/aromatic N) is 1. The molecule has 41 heavy (non-hydrogen) atoms. The number of amidine groups is 1. The first-order chi connectivity index (χ1) is 19.3. The number of carboxylic acids is 1. The second-order valence-corrected chi connectivity index (χ2v) is 10.6. The van der Waals surface area contributed by atoms with Gasteiger partial charge in [0.25, 0.3) is 11.8 Å². The van der Waals surface area contributed by atoms with Crippen molar-refractivity contribution in [1.82, 2.24) is 10.3 Å². The van der Waals surface area contributed by atoms with Gasteiger partial charge in [-0.25, -0.2) is 9.78 Å². The highest BCUT2D eigenvalue weighted by Crippen LogP contribution is 2.30.